The highest BCUT2D eigenvalue weighted by Gasteiger charge is 2.05. The normalized spacial score (nSPS) is 10.8. The Balaban J connectivity index is 1.96. The van der Waals surface area contributed by atoms with Gasteiger partial charge >= 0.3 is 0 Å². The predicted molar refractivity (Wildman–Crippen MR) is 87.7 cm³/mol. The molecule has 0 fully saturated rings. The summed E-state index contributed by atoms with van der Waals surface area (Å²) in [5.41, 5.74) is 0. The second-order valence-electron chi connectivity index (χ2n) is 4.05. The summed E-state index contributed by atoms with van der Waals surface area (Å²) in [5, 5.41) is 3.48. The average molecular weight is 395 g/mol. The van der Waals surface area contributed by atoms with Crippen molar-refractivity contribution in [2.24, 2.45) is 0 Å². The molecule has 19 heavy (non-hydrogen) atoms. The van der Waals surface area contributed by atoms with Gasteiger partial charge in [-0.2, -0.15) is 0 Å². The topological polar surface area (TPSA) is 12.9 Å². The number of nitrogens with zero attached hydrogens (tertiary/aromatic N) is 1. The average Bonchev–Trinajstić information content (AvgIpc) is 2.42. The Morgan fingerprint density at radius 2 is 1.68 bits per heavy atom. The lowest BCUT2D eigenvalue weighted by molar-refractivity contribution is 1.10. The third-order valence-electron chi connectivity index (χ3n) is 2.71. The first-order valence-electron chi connectivity index (χ1n) is 5.70. The molecule has 4 heteroatoms. The van der Waals surface area contributed by atoms with E-state index in [9.17, 15) is 0 Å². The zero-order valence-corrected chi connectivity index (χ0v) is 13.8. The van der Waals surface area contributed by atoms with E-state index in [4.69, 9.17) is 0 Å². The molecule has 0 unspecified atom stereocenters. The van der Waals surface area contributed by atoms with Crippen LogP contribution in [0.4, 0.5) is 0 Å². The zero-order chi connectivity index (χ0) is 13.2. The van der Waals surface area contributed by atoms with E-state index in [2.05, 4.69) is 79.3 Å². The Kier molecular flexibility index (Phi) is 3.91. The van der Waals surface area contributed by atoms with E-state index >= 15 is 0 Å². The van der Waals surface area contributed by atoms with Crippen LogP contribution in [0.5, 0.6) is 0 Å². The molecular weight excluding hydrogens is 386 g/mol. The van der Waals surface area contributed by atoms with Gasteiger partial charge in [0.05, 0.1) is 4.47 Å². The molecule has 0 aliphatic rings. The molecule has 0 bridgehead atoms. The second kappa shape index (κ2) is 5.65. The zero-order valence-electron chi connectivity index (χ0n) is 9.81. The molecule has 1 aromatic heterocycles. The molecule has 0 aliphatic heterocycles. The lowest BCUT2D eigenvalue weighted by Gasteiger charge is -2.05. The maximum Gasteiger partial charge on any atom is 0.115 e. The van der Waals surface area contributed by atoms with E-state index < -0.39 is 0 Å². The third-order valence-corrected chi connectivity index (χ3v) is 5.02. The molecule has 0 aliphatic carbocycles. The Bertz CT molecular complexity index is 743. The summed E-state index contributed by atoms with van der Waals surface area (Å²) in [5.74, 6) is 0. The third kappa shape index (κ3) is 3.02. The number of pyridine rings is 1. The van der Waals surface area contributed by atoms with Crippen LogP contribution in [0.15, 0.2) is 73.6 Å². The number of aromatic nitrogens is 1. The molecule has 2 aromatic carbocycles. The maximum atomic E-state index is 4.42. The van der Waals surface area contributed by atoms with Gasteiger partial charge < -0.3 is 0 Å². The van der Waals surface area contributed by atoms with Gasteiger partial charge in [-0.05, 0) is 60.8 Å². The van der Waals surface area contributed by atoms with Gasteiger partial charge in [-0.3, -0.25) is 0 Å². The Morgan fingerprint density at radius 1 is 0.895 bits per heavy atom. The molecule has 0 amide bonds. The summed E-state index contributed by atoms with van der Waals surface area (Å²) < 4.78 is 1.97. The highest BCUT2D eigenvalue weighted by molar-refractivity contribution is 9.11. The lowest BCUT2D eigenvalue weighted by atomic mass is 10.1. The minimum atomic E-state index is 0.971. The molecule has 94 valence electrons. The van der Waals surface area contributed by atoms with Crippen molar-refractivity contribution in [2.45, 2.75) is 9.92 Å². The van der Waals surface area contributed by atoms with E-state index in [-0.39, 0.29) is 0 Å². The fraction of sp³-hybridized carbons (Fsp3) is 0. The molecule has 3 rings (SSSR count). The van der Waals surface area contributed by atoms with Gasteiger partial charge in [0.1, 0.15) is 5.03 Å². The molecular formula is C15H9Br2NS. The van der Waals surface area contributed by atoms with Crippen molar-refractivity contribution in [1.29, 1.82) is 0 Å². The summed E-state index contributed by atoms with van der Waals surface area (Å²) in [6.07, 6.45) is 1.81. The number of hydrogen-bond acceptors (Lipinski definition) is 2. The Hall–Kier alpha value is -0.840. The molecule has 0 atom stereocenters. The molecule has 0 saturated heterocycles. The van der Waals surface area contributed by atoms with Crippen LogP contribution in [0, 0.1) is 0 Å². The summed E-state index contributed by atoms with van der Waals surface area (Å²) in [6, 6.07) is 16.8. The van der Waals surface area contributed by atoms with E-state index in [1.807, 2.05) is 12.3 Å². The summed E-state index contributed by atoms with van der Waals surface area (Å²) >= 11 is 8.61. The van der Waals surface area contributed by atoms with Crippen molar-refractivity contribution in [2.75, 3.05) is 0 Å². The fourth-order valence-electron chi connectivity index (χ4n) is 1.82. The van der Waals surface area contributed by atoms with Crippen LogP contribution in [-0.4, -0.2) is 4.98 Å². The smallest absolute Gasteiger partial charge is 0.115 e. The van der Waals surface area contributed by atoms with Crippen LogP contribution in [0.1, 0.15) is 0 Å². The highest BCUT2D eigenvalue weighted by Crippen LogP contribution is 2.34. The first-order valence-corrected chi connectivity index (χ1v) is 8.10. The Labute approximate surface area is 132 Å². The molecule has 0 radical (unpaired) electrons. The van der Waals surface area contributed by atoms with Crippen molar-refractivity contribution in [1.82, 2.24) is 4.98 Å². The van der Waals surface area contributed by atoms with Gasteiger partial charge in [-0.15, -0.1) is 0 Å². The number of rotatable bonds is 2. The quantitative estimate of drug-likeness (QED) is 0.535. The van der Waals surface area contributed by atoms with Gasteiger partial charge in [0, 0.05) is 15.6 Å². The maximum absolute atomic E-state index is 4.42. The predicted octanol–water partition coefficient (Wildman–Crippen LogP) is 5.91. The molecule has 1 nitrogen and oxygen atoms in total. The first kappa shape index (κ1) is 13.2. The molecule has 0 saturated carbocycles. The number of hydrogen-bond donors (Lipinski definition) is 0. The largest absolute Gasteiger partial charge is 0.247 e. The Morgan fingerprint density at radius 3 is 2.47 bits per heavy atom. The summed E-state index contributed by atoms with van der Waals surface area (Å²) in [6.45, 7) is 0. The molecule has 1 heterocycles. The molecule has 3 aromatic rings. The van der Waals surface area contributed by atoms with E-state index in [0.717, 1.165) is 14.0 Å². The van der Waals surface area contributed by atoms with E-state index in [0.29, 0.717) is 0 Å². The van der Waals surface area contributed by atoms with Gasteiger partial charge in [0.25, 0.3) is 0 Å². The van der Waals surface area contributed by atoms with Crippen molar-refractivity contribution in [3.8, 4) is 0 Å². The van der Waals surface area contributed by atoms with Gasteiger partial charge in [0.15, 0.2) is 0 Å². The van der Waals surface area contributed by atoms with Crippen molar-refractivity contribution in [3.05, 3.63) is 63.7 Å². The standard InChI is InChI=1S/C15H9Br2NS/c16-12-8-14(17)15(18-9-12)19-13-6-5-10-3-1-2-4-11(10)7-13/h1-9H. The monoisotopic (exact) mass is 393 g/mol. The molecule has 0 N–H and O–H groups in total. The van der Waals surface area contributed by atoms with E-state index in [1.165, 1.54) is 15.7 Å². The minimum absolute atomic E-state index is 0.971. The van der Waals surface area contributed by atoms with Gasteiger partial charge in [-0.1, -0.05) is 42.1 Å². The van der Waals surface area contributed by atoms with Gasteiger partial charge in [0.2, 0.25) is 0 Å². The van der Waals surface area contributed by atoms with Crippen molar-refractivity contribution >= 4 is 54.4 Å². The van der Waals surface area contributed by atoms with Crippen molar-refractivity contribution < 1.29 is 0 Å². The van der Waals surface area contributed by atoms with Crippen LogP contribution < -0.4 is 0 Å². The number of benzene rings is 2. The fourth-order valence-corrected chi connectivity index (χ4v) is 3.86. The minimum Gasteiger partial charge on any atom is -0.247 e. The van der Waals surface area contributed by atoms with Crippen LogP contribution in [0.3, 0.4) is 0 Å². The first-order chi connectivity index (χ1) is 9.22. The van der Waals surface area contributed by atoms with E-state index in [1.54, 1.807) is 11.8 Å². The van der Waals surface area contributed by atoms with Crippen LogP contribution >= 0.6 is 43.6 Å². The molecule has 0 spiro atoms. The summed E-state index contributed by atoms with van der Waals surface area (Å²) in [4.78, 5) is 5.61. The van der Waals surface area contributed by atoms with Crippen LogP contribution in [0.25, 0.3) is 10.8 Å². The van der Waals surface area contributed by atoms with Crippen LogP contribution in [0.2, 0.25) is 0 Å². The number of fused-ring (bicyclic) bond motifs is 1. The second-order valence-corrected chi connectivity index (χ2v) is 6.88. The SMILES string of the molecule is Brc1cnc(Sc2ccc3ccccc3c2)c(Br)c1. The number of halogens is 2. The summed E-state index contributed by atoms with van der Waals surface area (Å²) in [7, 11) is 0. The highest BCUT2D eigenvalue weighted by atomic mass is 79.9. The van der Waals surface area contributed by atoms with Gasteiger partial charge in [-0.25, -0.2) is 4.98 Å². The lowest BCUT2D eigenvalue weighted by Crippen LogP contribution is -1.82. The van der Waals surface area contributed by atoms with Crippen LogP contribution in [-0.2, 0) is 0 Å². The van der Waals surface area contributed by atoms with Crippen molar-refractivity contribution in [3.63, 3.8) is 0 Å².